The highest BCUT2D eigenvalue weighted by Crippen LogP contribution is 2.34. The first-order chi connectivity index (χ1) is 14.8. The largest absolute Gasteiger partial charge is 0.369 e. The molecular weight excluding hydrogens is 386 g/mol. The van der Waals surface area contributed by atoms with Crippen LogP contribution in [0.15, 0.2) is 77.8 Å². The smallest absolute Gasteiger partial charge is 0.0714 e. The molecule has 3 aromatic rings. The van der Waals surface area contributed by atoms with Gasteiger partial charge in [-0.15, -0.1) is 11.8 Å². The quantitative estimate of drug-likeness (QED) is 0.497. The highest BCUT2D eigenvalue weighted by Gasteiger charge is 2.34. The van der Waals surface area contributed by atoms with Gasteiger partial charge in [-0.25, -0.2) is 0 Å². The zero-order chi connectivity index (χ0) is 20.3. The monoisotopic (exact) mass is 415 g/mol. The topological polar surface area (TPSA) is 19.4 Å². The number of aromatic nitrogens is 1. The normalized spacial score (nSPS) is 21.6. The van der Waals surface area contributed by atoms with Crippen molar-refractivity contribution >= 4 is 17.4 Å². The van der Waals surface area contributed by atoms with E-state index >= 15 is 0 Å². The molecule has 2 unspecified atom stereocenters. The van der Waals surface area contributed by atoms with Gasteiger partial charge in [0.25, 0.3) is 0 Å². The van der Waals surface area contributed by atoms with Crippen LogP contribution >= 0.6 is 11.8 Å². The summed E-state index contributed by atoms with van der Waals surface area (Å²) in [6.45, 7) is 2.26. The third kappa shape index (κ3) is 4.12. The minimum Gasteiger partial charge on any atom is -0.369 e. The van der Waals surface area contributed by atoms with Gasteiger partial charge in [0, 0.05) is 41.4 Å². The minimum absolute atomic E-state index is 0.687. The highest BCUT2D eigenvalue weighted by atomic mass is 32.2. The lowest BCUT2D eigenvalue weighted by Gasteiger charge is -2.27. The van der Waals surface area contributed by atoms with Gasteiger partial charge < -0.3 is 4.90 Å². The van der Waals surface area contributed by atoms with Crippen molar-refractivity contribution in [3.8, 4) is 11.3 Å². The van der Waals surface area contributed by atoms with Crippen molar-refractivity contribution in [1.29, 1.82) is 0 Å². The molecule has 0 radical (unpaired) electrons. The summed E-state index contributed by atoms with van der Waals surface area (Å²) in [5, 5.41) is 0. The Balaban J connectivity index is 1.32. The number of anilines is 1. The summed E-state index contributed by atoms with van der Waals surface area (Å²) < 4.78 is 0. The number of likely N-dealkylation sites (N-methyl/N-ethyl adjacent to an activating group) is 1. The Morgan fingerprint density at radius 3 is 2.53 bits per heavy atom. The first-order valence-electron chi connectivity index (χ1n) is 11.0. The van der Waals surface area contributed by atoms with Crippen LogP contribution in [0.3, 0.4) is 0 Å². The first-order valence-corrected chi connectivity index (χ1v) is 12.0. The Labute approximate surface area is 184 Å². The van der Waals surface area contributed by atoms with E-state index in [9.17, 15) is 0 Å². The predicted molar refractivity (Wildman–Crippen MR) is 127 cm³/mol. The molecular formula is C26H29N3S. The van der Waals surface area contributed by atoms with Crippen molar-refractivity contribution in [2.75, 3.05) is 25.0 Å². The zero-order valence-electron chi connectivity index (χ0n) is 17.6. The number of hydrogen-bond donors (Lipinski definition) is 0. The number of hydrogen-bond acceptors (Lipinski definition) is 4. The molecule has 1 aromatic heterocycles. The van der Waals surface area contributed by atoms with Crippen molar-refractivity contribution in [2.45, 2.75) is 42.0 Å². The summed E-state index contributed by atoms with van der Waals surface area (Å²) in [4.78, 5) is 11.3. The van der Waals surface area contributed by atoms with E-state index in [1.54, 1.807) is 0 Å². The molecule has 2 bridgehead atoms. The Bertz CT molecular complexity index is 973. The summed E-state index contributed by atoms with van der Waals surface area (Å²) in [7, 11) is 2.30. The summed E-state index contributed by atoms with van der Waals surface area (Å²) in [6.07, 6.45) is 6.03. The van der Waals surface area contributed by atoms with Crippen molar-refractivity contribution in [3.63, 3.8) is 0 Å². The Hall–Kier alpha value is -2.30. The zero-order valence-corrected chi connectivity index (χ0v) is 18.4. The van der Waals surface area contributed by atoms with Gasteiger partial charge in [-0.1, -0.05) is 48.5 Å². The van der Waals surface area contributed by atoms with Crippen molar-refractivity contribution in [3.05, 3.63) is 78.5 Å². The first kappa shape index (κ1) is 19.7. The van der Waals surface area contributed by atoms with Gasteiger partial charge in [-0.2, -0.15) is 0 Å². The van der Waals surface area contributed by atoms with Crippen LogP contribution in [0.4, 0.5) is 5.69 Å². The number of nitrogens with zero attached hydrogens (tertiary/aromatic N) is 3. The van der Waals surface area contributed by atoms with Crippen LogP contribution in [0.1, 0.15) is 24.8 Å². The molecule has 3 nitrogen and oxygen atoms in total. The molecule has 2 aromatic carbocycles. The van der Waals surface area contributed by atoms with Crippen LogP contribution in [-0.2, 0) is 5.75 Å². The van der Waals surface area contributed by atoms with Gasteiger partial charge >= 0.3 is 0 Å². The Morgan fingerprint density at radius 1 is 0.900 bits per heavy atom. The molecule has 0 aliphatic carbocycles. The average Bonchev–Trinajstić information content (AvgIpc) is 3.05. The molecule has 0 spiro atoms. The molecule has 5 rings (SSSR count). The number of pyridine rings is 1. The number of fused-ring (bicyclic) bond motifs is 2. The van der Waals surface area contributed by atoms with Crippen LogP contribution < -0.4 is 4.90 Å². The molecule has 3 heterocycles. The van der Waals surface area contributed by atoms with Crippen LogP contribution in [0.5, 0.6) is 0 Å². The lowest BCUT2D eigenvalue weighted by Crippen LogP contribution is -2.36. The van der Waals surface area contributed by atoms with Gasteiger partial charge in [0.15, 0.2) is 0 Å². The van der Waals surface area contributed by atoms with E-state index in [0.717, 1.165) is 30.6 Å². The maximum atomic E-state index is 4.88. The van der Waals surface area contributed by atoms with Crippen LogP contribution in [-0.4, -0.2) is 42.1 Å². The van der Waals surface area contributed by atoms with Gasteiger partial charge in [-0.3, -0.25) is 9.88 Å². The fraction of sp³-hybridized carbons (Fsp3) is 0.346. The van der Waals surface area contributed by atoms with Crippen molar-refractivity contribution in [1.82, 2.24) is 9.88 Å². The van der Waals surface area contributed by atoms with Gasteiger partial charge in [0.2, 0.25) is 0 Å². The van der Waals surface area contributed by atoms with E-state index in [-0.39, 0.29) is 0 Å². The Kier molecular flexibility index (Phi) is 5.78. The van der Waals surface area contributed by atoms with Crippen LogP contribution in [0.2, 0.25) is 0 Å². The minimum atomic E-state index is 0.687. The number of thioether (sulfide) groups is 1. The van der Waals surface area contributed by atoms with Crippen LogP contribution in [0.25, 0.3) is 11.3 Å². The van der Waals surface area contributed by atoms with E-state index in [4.69, 9.17) is 4.98 Å². The summed E-state index contributed by atoms with van der Waals surface area (Å²) >= 11 is 1.88. The maximum absolute atomic E-state index is 4.88. The van der Waals surface area contributed by atoms with Crippen molar-refractivity contribution < 1.29 is 0 Å². The lowest BCUT2D eigenvalue weighted by atomic mass is 10.1. The highest BCUT2D eigenvalue weighted by molar-refractivity contribution is 7.98. The van der Waals surface area contributed by atoms with Crippen molar-refractivity contribution in [2.24, 2.45) is 0 Å². The fourth-order valence-electron chi connectivity index (χ4n) is 4.82. The van der Waals surface area contributed by atoms with E-state index < -0.39 is 0 Å². The third-order valence-electron chi connectivity index (χ3n) is 6.66. The molecule has 2 fully saturated rings. The van der Waals surface area contributed by atoms with E-state index in [2.05, 4.69) is 89.8 Å². The standard InChI is InChI=1S/C26H29N3S/c1-28-21-11-12-23(28)18-29(16-15-21)22-13-14-25(27-17-22)24-9-5-6-10-26(24)30-19-20-7-3-2-4-8-20/h2-10,13-14,17,21,23H,11-12,15-16,18-19H2,1H3. The second kappa shape index (κ2) is 8.83. The number of benzene rings is 2. The number of rotatable bonds is 5. The van der Waals surface area contributed by atoms with Gasteiger partial charge in [0.1, 0.15) is 0 Å². The molecule has 2 saturated heterocycles. The molecule has 0 N–H and O–H groups in total. The predicted octanol–water partition coefficient (Wildman–Crippen LogP) is 5.71. The average molecular weight is 416 g/mol. The molecule has 0 saturated carbocycles. The maximum Gasteiger partial charge on any atom is 0.0714 e. The fourth-order valence-corrected chi connectivity index (χ4v) is 5.83. The molecule has 2 aliphatic heterocycles. The SMILES string of the molecule is CN1C2CCC1CN(c1ccc(-c3ccccc3SCc3ccccc3)nc1)CC2. The van der Waals surface area contributed by atoms with Gasteiger partial charge in [0.05, 0.1) is 17.6 Å². The summed E-state index contributed by atoms with van der Waals surface area (Å²) in [6, 6.07) is 25.2. The summed E-state index contributed by atoms with van der Waals surface area (Å²) in [5.74, 6) is 0.972. The molecule has 0 amide bonds. The van der Waals surface area contributed by atoms with E-state index in [1.165, 1.54) is 41.0 Å². The van der Waals surface area contributed by atoms with E-state index in [0.29, 0.717) is 6.04 Å². The molecule has 2 aliphatic rings. The van der Waals surface area contributed by atoms with Gasteiger partial charge in [-0.05, 0) is 50.1 Å². The Morgan fingerprint density at radius 2 is 1.70 bits per heavy atom. The molecule has 4 heteroatoms. The molecule has 2 atom stereocenters. The second-order valence-electron chi connectivity index (χ2n) is 8.46. The molecule has 154 valence electrons. The molecule has 30 heavy (non-hydrogen) atoms. The van der Waals surface area contributed by atoms with Crippen LogP contribution in [0, 0.1) is 0 Å². The van der Waals surface area contributed by atoms with E-state index in [1.807, 2.05) is 11.8 Å². The lowest BCUT2D eigenvalue weighted by molar-refractivity contribution is 0.254. The summed E-state index contributed by atoms with van der Waals surface area (Å²) in [5.41, 5.74) is 4.89. The second-order valence-corrected chi connectivity index (χ2v) is 9.47. The third-order valence-corrected chi connectivity index (χ3v) is 7.81.